The van der Waals surface area contributed by atoms with E-state index in [0.717, 1.165) is 11.3 Å². The minimum Gasteiger partial charge on any atom is -0.244 e. The maximum absolute atomic E-state index is 10.8. The van der Waals surface area contributed by atoms with Crippen molar-refractivity contribution in [2.75, 3.05) is 0 Å². The summed E-state index contributed by atoms with van der Waals surface area (Å²) in [7, 11) is 0. The van der Waals surface area contributed by atoms with Gasteiger partial charge in [-0.25, -0.2) is 14.6 Å². The Kier molecular flexibility index (Phi) is 2.13. The van der Waals surface area contributed by atoms with E-state index in [1.165, 1.54) is 11.0 Å². The first-order valence-electron chi connectivity index (χ1n) is 4.07. The minimum absolute atomic E-state index is 0.373. The second-order valence-electron chi connectivity index (χ2n) is 2.97. The second kappa shape index (κ2) is 3.31. The van der Waals surface area contributed by atoms with Crippen molar-refractivity contribution in [3.8, 4) is 5.69 Å². The summed E-state index contributed by atoms with van der Waals surface area (Å²) in [6, 6.07) is 5.52. The van der Waals surface area contributed by atoms with Crippen LogP contribution in [0.1, 0.15) is 5.56 Å². The summed E-state index contributed by atoms with van der Waals surface area (Å²) in [6.45, 7) is 1.92. The molecular formula is C9H8ClN3O. The molecule has 1 N–H and O–H groups in total. The van der Waals surface area contributed by atoms with Crippen LogP contribution < -0.4 is 5.69 Å². The van der Waals surface area contributed by atoms with Gasteiger partial charge in [0.05, 0.1) is 5.69 Å². The molecule has 0 atom stereocenters. The third-order valence-corrected chi connectivity index (χ3v) is 2.35. The predicted molar refractivity (Wildman–Crippen MR) is 53.9 cm³/mol. The van der Waals surface area contributed by atoms with Crippen LogP contribution in [0.3, 0.4) is 0 Å². The first-order chi connectivity index (χ1) is 6.66. The van der Waals surface area contributed by atoms with E-state index >= 15 is 0 Å². The first-order valence-corrected chi connectivity index (χ1v) is 4.45. The second-order valence-corrected chi connectivity index (χ2v) is 3.37. The standard InChI is InChI=1S/C9H8ClN3O/c1-6-2-3-7(4-8(6)10)13-5-11-9(14)12-13/h2-5H,1H3,(H,12,14). The minimum atomic E-state index is -0.373. The number of hydrogen-bond acceptors (Lipinski definition) is 2. The van der Waals surface area contributed by atoms with E-state index in [-0.39, 0.29) is 5.69 Å². The van der Waals surface area contributed by atoms with Crippen molar-refractivity contribution < 1.29 is 0 Å². The largest absolute Gasteiger partial charge is 0.361 e. The number of aromatic nitrogens is 3. The number of benzene rings is 1. The van der Waals surface area contributed by atoms with Gasteiger partial charge in [-0.3, -0.25) is 0 Å². The van der Waals surface area contributed by atoms with E-state index in [0.29, 0.717) is 5.02 Å². The number of aryl methyl sites for hydroxylation is 1. The smallest absolute Gasteiger partial charge is 0.244 e. The highest BCUT2D eigenvalue weighted by Gasteiger charge is 2.00. The molecule has 2 aromatic rings. The lowest BCUT2D eigenvalue weighted by atomic mass is 10.2. The summed E-state index contributed by atoms with van der Waals surface area (Å²) < 4.78 is 1.52. The Morgan fingerprint density at radius 2 is 2.29 bits per heavy atom. The van der Waals surface area contributed by atoms with Crippen molar-refractivity contribution in [1.82, 2.24) is 14.8 Å². The highest BCUT2D eigenvalue weighted by Crippen LogP contribution is 2.18. The summed E-state index contributed by atoms with van der Waals surface area (Å²) in [6.07, 6.45) is 1.42. The van der Waals surface area contributed by atoms with Crippen LogP contribution >= 0.6 is 11.6 Å². The molecule has 0 fully saturated rings. The number of hydrogen-bond donors (Lipinski definition) is 1. The molecule has 14 heavy (non-hydrogen) atoms. The molecule has 0 unspecified atom stereocenters. The van der Waals surface area contributed by atoms with Crippen molar-refractivity contribution in [3.63, 3.8) is 0 Å². The molecular weight excluding hydrogens is 202 g/mol. The SMILES string of the molecule is Cc1ccc(-n2cnc(=O)[nH]2)cc1Cl. The van der Waals surface area contributed by atoms with Crippen LogP contribution in [0.2, 0.25) is 5.02 Å². The molecule has 1 aromatic carbocycles. The van der Waals surface area contributed by atoms with E-state index in [1.807, 2.05) is 19.1 Å². The van der Waals surface area contributed by atoms with Crippen LogP contribution in [-0.2, 0) is 0 Å². The van der Waals surface area contributed by atoms with Gasteiger partial charge in [0.2, 0.25) is 0 Å². The average Bonchev–Trinajstić information content (AvgIpc) is 2.57. The highest BCUT2D eigenvalue weighted by molar-refractivity contribution is 6.31. The first kappa shape index (κ1) is 9.02. The van der Waals surface area contributed by atoms with Crippen LogP contribution in [0.25, 0.3) is 5.69 Å². The molecule has 0 bridgehead atoms. The van der Waals surface area contributed by atoms with Gasteiger partial charge < -0.3 is 0 Å². The summed E-state index contributed by atoms with van der Waals surface area (Å²) >= 11 is 5.94. The molecule has 2 rings (SSSR count). The average molecular weight is 210 g/mol. The molecule has 0 saturated carbocycles. The van der Waals surface area contributed by atoms with E-state index < -0.39 is 0 Å². The van der Waals surface area contributed by atoms with Crippen molar-refractivity contribution in [2.45, 2.75) is 6.92 Å². The zero-order valence-electron chi connectivity index (χ0n) is 7.49. The molecule has 0 aliphatic heterocycles. The normalized spacial score (nSPS) is 10.4. The van der Waals surface area contributed by atoms with Crippen LogP contribution in [0.4, 0.5) is 0 Å². The van der Waals surface area contributed by atoms with Gasteiger partial charge in [-0.05, 0) is 24.6 Å². The van der Waals surface area contributed by atoms with Gasteiger partial charge >= 0.3 is 5.69 Å². The van der Waals surface area contributed by atoms with Gasteiger partial charge in [0, 0.05) is 5.02 Å². The Morgan fingerprint density at radius 1 is 1.50 bits per heavy atom. The lowest BCUT2D eigenvalue weighted by Crippen LogP contribution is -2.04. The number of H-pyrrole nitrogens is 1. The molecule has 5 heteroatoms. The molecule has 1 aromatic heterocycles. The van der Waals surface area contributed by atoms with Crippen molar-refractivity contribution in [2.24, 2.45) is 0 Å². The quantitative estimate of drug-likeness (QED) is 0.774. The topological polar surface area (TPSA) is 50.7 Å². The van der Waals surface area contributed by atoms with E-state index in [2.05, 4.69) is 10.1 Å². The summed E-state index contributed by atoms with van der Waals surface area (Å²) in [5, 5.41) is 3.19. The number of halogens is 1. The maximum atomic E-state index is 10.8. The Morgan fingerprint density at radius 3 is 2.86 bits per heavy atom. The third kappa shape index (κ3) is 1.56. The summed E-state index contributed by atoms with van der Waals surface area (Å²) in [5.41, 5.74) is 1.41. The number of nitrogens with one attached hydrogen (secondary N) is 1. The predicted octanol–water partition coefficient (Wildman–Crippen LogP) is 1.52. The fraction of sp³-hybridized carbons (Fsp3) is 0.111. The molecule has 0 saturated heterocycles. The molecule has 0 spiro atoms. The van der Waals surface area contributed by atoms with Gasteiger partial charge in [-0.15, -0.1) is 0 Å². The van der Waals surface area contributed by atoms with Crippen LogP contribution in [-0.4, -0.2) is 14.8 Å². The van der Waals surface area contributed by atoms with Gasteiger partial charge in [-0.2, -0.15) is 4.98 Å². The van der Waals surface area contributed by atoms with Crippen molar-refractivity contribution in [1.29, 1.82) is 0 Å². The molecule has 72 valence electrons. The Bertz CT molecular complexity index is 515. The Balaban J connectivity index is 2.52. The van der Waals surface area contributed by atoms with Crippen molar-refractivity contribution >= 4 is 11.6 Å². The van der Waals surface area contributed by atoms with E-state index in [9.17, 15) is 4.79 Å². The monoisotopic (exact) mass is 209 g/mol. The van der Waals surface area contributed by atoms with E-state index in [1.54, 1.807) is 6.07 Å². The third-order valence-electron chi connectivity index (χ3n) is 1.94. The summed E-state index contributed by atoms with van der Waals surface area (Å²) in [4.78, 5) is 14.3. The molecule has 0 radical (unpaired) electrons. The number of nitrogens with zero attached hydrogens (tertiary/aromatic N) is 2. The lowest BCUT2D eigenvalue weighted by Gasteiger charge is -2.03. The fourth-order valence-electron chi connectivity index (χ4n) is 1.13. The number of rotatable bonds is 1. The van der Waals surface area contributed by atoms with Gasteiger partial charge in [0.1, 0.15) is 6.33 Å². The van der Waals surface area contributed by atoms with Gasteiger partial charge in [0.15, 0.2) is 0 Å². The van der Waals surface area contributed by atoms with Gasteiger partial charge in [-0.1, -0.05) is 17.7 Å². The fourth-order valence-corrected chi connectivity index (χ4v) is 1.31. The van der Waals surface area contributed by atoms with Crippen LogP contribution in [0, 0.1) is 6.92 Å². The zero-order chi connectivity index (χ0) is 10.1. The van der Waals surface area contributed by atoms with Gasteiger partial charge in [0.25, 0.3) is 0 Å². The zero-order valence-corrected chi connectivity index (χ0v) is 8.25. The summed E-state index contributed by atoms with van der Waals surface area (Å²) in [5.74, 6) is 0. The lowest BCUT2D eigenvalue weighted by molar-refractivity contribution is 0.863. The van der Waals surface area contributed by atoms with Crippen molar-refractivity contribution in [3.05, 3.63) is 45.6 Å². The van der Waals surface area contributed by atoms with Crippen LogP contribution in [0.5, 0.6) is 0 Å². The Hall–Kier alpha value is -1.55. The number of aromatic amines is 1. The Labute approximate surface area is 85.1 Å². The molecule has 0 amide bonds. The molecule has 0 aliphatic rings. The van der Waals surface area contributed by atoms with Crippen LogP contribution in [0.15, 0.2) is 29.3 Å². The molecule has 4 nitrogen and oxygen atoms in total. The van der Waals surface area contributed by atoms with E-state index in [4.69, 9.17) is 11.6 Å². The molecule has 1 heterocycles. The maximum Gasteiger partial charge on any atom is 0.361 e. The highest BCUT2D eigenvalue weighted by atomic mass is 35.5. The molecule has 0 aliphatic carbocycles.